The number of rotatable bonds is 2. The highest BCUT2D eigenvalue weighted by molar-refractivity contribution is 7.17. The van der Waals surface area contributed by atoms with Crippen LogP contribution in [-0.2, 0) is 10.2 Å². The van der Waals surface area contributed by atoms with E-state index in [1.165, 1.54) is 0 Å². The maximum Gasteiger partial charge on any atom is 0.0515 e. The minimum atomic E-state index is -1.04. The number of carboxylic acid groups (broad SMARTS) is 1. The van der Waals surface area contributed by atoms with Crippen LogP contribution in [0.4, 0.5) is 0 Å². The number of aliphatic carboxylic acids is 1. The molecular formula is C12H11O2S-. The van der Waals surface area contributed by atoms with Crippen molar-refractivity contribution in [1.29, 1.82) is 0 Å². The van der Waals surface area contributed by atoms with Crippen LogP contribution in [0.1, 0.15) is 19.4 Å². The van der Waals surface area contributed by atoms with Crippen LogP contribution in [0.25, 0.3) is 10.1 Å². The Morgan fingerprint density at radius 3 is 2.67 bits per heavy atom. The molecule has 0 saturated carbocycles. The lowest BCUT2D eigenvalue weighted by Gasteiger charge is -2.25. The number of fused-ring (bicyclic) bond motifs is 1. The smallest absolute Gasteiger partial charge is 0.0515 e. The Morgan fingerprint density at radius 1 is 1.33 bits per heavy atom. The first-order valence-corrected chi connectivity index (χ1v) is 5.59. The van der Waals surface area contributed by atoms with Crippen molar-refractivity contribution >= 4 is 27.4 Å². The topological polar surface area (TPSA) is 40.1 Å². The van der Waals surface area contributed by atoms with Crippen molar-refractivity contribution in [2.45, 2.75) is 19.3 Å². The van der Waals surface area contributed by atoms with E-state index in [2.05, 4.69) is 0 Å². The average Bonchev–Trinajstić information content (AvgIpc) is 2.61. The molecule has 78 valence electrons. The minimum absolute atomic E-state index is 0.836. The molecule has 0 amide bonds. The Hall–Kier alpha value is -1.35. The number of carbonyl (C=O) groups is 1. The van der Waals surface area contributed by atoms with Gasteiger partial charge in [0.15, 0.2) is 0 Å². The van der Waals surface area contributed by atoms with Gasteiger partial charge in [-0.1, -0.05) is 32.0 Å². The first-order chi connectivity index (χ1) is 7.03. The van der Waals surface area contributed by atoms with E-state index in [0.717, 1.165) is 15.6 Å². The summed E-state index contributed by atoms with van der Waals surface area (Å²) in [5.74, 6) is -1.04. The molecule has 0 radical (unpaired) electrons. The van der Waals surface area contributed by atoms with Crippen LogP contribution in [-0.4, -0.2) is 5.97 Å². The maximum atomic E-state index is 11.1. The fourth-order valence-corrected chi connectivity index (χ4v) is 2.70. The van der Waals surface area contributed by atoms with E-state index in [0.29, 0.717) is 0 Å². The molecule has 0 aliphatic rings. The molecule has 1 aromatic heterocycles. The van der Waals surface area contributed by atoms with Gasteiger partial charge in [0, 0.05) is 10.1 Å². The van der Waals surface area contributed by atoms with Gasteiger partial charge in [-0.15, -0.1) is 11.3 Å². The Morgan fingerprint density at radius 2 is 2.00 bits per heavy atom. The second-order valence-electron chi connectivity index (χ2n) is 4.06. The van der Waals surface area contributed by atoms with E-state index >= 15 is 0 Å². The van der Waals surface area contributed by atoms with Crippen LogP contribution < -0.4 is 5.11 Å². The number of carboxylic acids is 1. The zero-order valence-corrected chi connectivity index (χ0v) is 9.43. The first kappa shape index (κ1) is 10.2. The van der Waals surface area contributed by atoms with Crippen LogP contribution >= 0.6 is 11.3 Å². The molecule has 3 heteroatoms. The third-order valence-corrected chi connectivity index (χ3v) is 3.63. The van der Waals surface area contributed by atoms with Gasteiger partial charge in [0.2, 0.25) is 0 Å². The molecule has 0 bridgehead atoms. The maximum absolute atomic E-state index is 11.1. The molecular weight excluding hydrogens is 208 g/mol. The third-order valence-electron chi connectivity index (χ3n) is 2.66. The fourth-order valence-electron chi connectivity index (χ4n) is 1.57. The summed E-state index contributed by atoms with van der Waals surface area (Å²) < 4.78 is 1.11. The molecule has 0 aliphatic heterocycles. The molecule has 2 rings (SSSR count). The highest BCUT2D eigenvalue weighted by Gasteiger charge is 2.25. The summed E-state index contributed by atoms with van der Waals surface area (Å²) in [7, 11) is 0. The summed E-state index contributed by atoms with van der Waals surface area (Å²) in [5, 5.41) is 14.0. The van der Waals surface area contributed by atoms with Gasteiger partial charge in [-0.05, 0) is 22.4 Å². The van der Waals surface area contributed by atoms with E-state index < -0.39 is 11.4 Å². The molecule has 0 aliphatic carbocycles. The van der Waals surface area contributed by atoms with Gasteiger partial charge < -0.3 is 9.90 Å². The molecule has 15 heavy (non-hydrogen) atoms. The summed E-state index contributed by atoms with van der Waals surface area (Å²) >= 11 is 1.57. The largest absolute Gasteiger partial charge is 0.549 e. The zero-order valence-electron chi connectivity index (χ0n) is 8.61. The molecule has 0 spiro atoms. The van der Waals surface area contributed by atoms with Gasteiger partial charge in [-0.3, -0.25) is 0 Å². The molecule has 1 aromatic carbocycles. The normalized spacial score (nSPS) is 11.9. The van der Waals surface area contributed by atoms with E-state index in [1.807, 2.05) is 29.6 Å². The average molecular weight is 219 g/mol. The Kier molecular flexibility index (Phi) is 2.27. The standard InChI is InChI=1S/C12H12O2S/c1-12(2,11(13)14)9-7-15-10-6-4-3-5-8(9)10/h3-7H,1-2H3,(H,13,14)/p-1. The number of thiophene rings is 1. The summed E-state index contributed by atoms with van der Waals surface area (Å²) in [6, 6.07) is 7.82. The van der Waals surface area contributed by atoms with Crippen molar-refractivity contribution in [3.8, 4) is 0 Å². The van der Waals surface area contributed by atoms with Gasteiger partial charge in [0.25, 0.3) is 0 Å². The first-order valence-electron chi connectivity index (χ1n) is 4.71. The lowest BCUT2D eigenvalue weighted by Crippen LogP contribution is -2.41. The molecule has 0 unspecified atom stereocenters. The molecule has 0 atom stereocenters. The van der Waals surface area contributed by atoms with Gasteiger partial charge in [-0.25, -0.2) is 0 Å². The van der Waals surface area contributed by atoms with Gasteiger partial charge >= 0.3 is 0 Å². The zero-order chi connectivity index (χ0) is 11.1. The third kappa shape index (κ3) is 1.53. The number of hydrogen-bond acceptors (Lipinski definition) is 3. The van der Waals surface area contributed by atoms with E-state index in [4.69, 9.17) is 0 Å². The summed E-state index contributed by atoms with van der Waals surface area (Å²) in [6.45, 7) is 3.35. The van der Waals surface area contributed by atoms with Crippen molar-refractivity contribution in [1.82, 2.24) is 0 Å². The second kappa shape index (κ2) is 3.35. The predicted molar refractivity (Wildman–Crippen MR) is 59.9 cm³/mol. The van der Waals surface area contributed by atoms with E-state index in [1.54, 1.807) is 25.2 Å². The molecule has 0 fully saturated rings. The lowest BCUT2D eigenvalue weighted by atomic mass is 9.85. The number of carbonyl (C=O) groups excluding carboxylic acids is 1. The fraction of sp³-hybridized carbons (Fsp3) is 0.250. The van der Waals surface area contributed by atoms with Gasteiger partial charge in [-0.2, -0.15) is 0 Å². The minimum Gasteiger partial charge on any atom is -0.549 e. The Balaban J connectivity index is 2.67. The van der Waals surface area contributed by atoms with Crippen LogP contribution in [0.2, 0.25) is 0 Å². The monoisotopic (exact) mass is 219 g/mol. The SMILES string of the molecule is CC(C)(C(=O)[O-])c1csc2ccccc12. The predicted octanol–water partition coefficient (Wildman–Crippen LogP) is 1.93. The molecule has 0 saturated heterocycles. The number of benzene rings is 1. The van der Waals surface area contributed by atoms with Gasteiger partial charge in [0.05, 0.1) is 5.97 Å². The van der Waals surface area contributed by atoms with Crippen molar-refractivity contribution < 1.29 is 9.90 Å². The van der Waals surface area contributed by atoms with E-state index in [9.17, 15) is 9.90 Å². The highest BCUT2D eigenvalue weighted by Crippen LogP contribution is 2.34. The lowest BCUT2D eigenvalue weighted by molar-refractivity contribution is -0.312. The van der Waals surface area contributed by atoms with Crippen molar-refractivity contribution in [3.63, 3.8) is 0 Å². The van der Waals surface area contributed by atoms with Crippen LogP contribution in [0.3, 0.4) is 0 Å². The molecule has 1 heterocycles. The Labute approximate surface area is 92.2 Å². The van der Waals surface area contributed by atoms with Crippen molar-refractivity contribution in [2.75, 3.05) is 0 Å². The quantitative estimate of drug-likeness (QED) is 0.774. The molecule has 2 nitrogen and oxygen atoms in total. The van der Waals surface area contributed by atoms with Crippen LogP contribution in [0, 0.1) is 0 Å². The molecule has 2 aromatic rings. The summed E-state index contributed by atoms with van der Waals surface area (Å²) in [5.41, 5.74) is -0.0947. The highest BCUT2D eigenvalue weighted by atomic mass is 32.1. The molecule has 0 N–H and O–H groups in total. The summed E-state index contributed by atoms with van der Waals surface area (Å²) in [4.78, 5) is 11.1. The summed E-state index contributed by atoms with van der Waals surface area (Å²) in [6.07, 6.45) is 0. The van der Waals surface area contributed by atoms with Crippen LogP contribution in [0.15, 0.2) is 29.6 Å². The van der Waals surface area contributed by atoms with Gasteiger partial charge in [0.1, 0.15) is 0 Å². The van der Waals surface area contributed by atoms with Crippen molar-refractivity contribution in [3.05, 3.63) is 35.2 Å². The Bertz CT molecular complexity index is 511. The number of hydrogen-bond donors (Lipinski definition) is 0. The van der Waals surface area contributed by atoms with Crippen molar-refractivity contribution in [2.24, 2.45) is 0 Å². The van der Waals surface area contributed by atoms with Crippen LogP contribution in [0.5, 0.6) is 0 Å². The second-order valence-corrected chi connectivity index (χ2v) is 4.97. The van der Waals surface area contributed by atoms with E-state index in [-0.39, 0.29) is 0 Å².